The lowest BCUT2D eigenvalue weighted by molar-refractivity contribution is -0.114. The molecule has 1 amide bonds. The molecule has 0 saturated carbocycles. The first-order valence-corrected chi connectivity index (χ1v) is 6.97. The fraction of sp³-hybridized carbons (Fsp3) is 0.0667. The lowest BCUT2D eigenvalue weighted by Crippen LogP contribution is -2.22. The highest BCUT2D eigenvalue weighted by Crippen LogP contribution is 2.23. The van der Waals surface area contributed by atoms with Crippen LogP contribution in [-0.2, 0) is 4.79 Å². The number of carbonyl (C=O) groups is 2. The summed E-state index contributed by atoms with van der Waals surface area (Å²) in [5, 5.41) is 14.6. The highest BCUT2D eigenvalue weighted by molar-refractivity contribution is 9.10. The Morgan fingerprint density at radius 1 is 1.10 bits per heavy atom. The summed E-state index contributed by atoms with van der Waals surface area (Å²) in [6, 6.07) is 13.8. The Bertz CT molecular complexity index is 659. The number of aromatic carboxylic acids is 1. The van der Waals surface area contributed by atoms with Crippen LogP contribution in [0.3, 0.4) is 0 Å². The van der Waals surface area contributed by atoms with Gasteiger partial charge in [0.05, 0.1) is 17.8 Å². The SMILES string of the molecule is O=C(CNc1ccccc1)Nc1cc(C(=O)O)ccc1Br. The molecule has 2 aromatic rings. The number of carboxylic acids is 1. The van der Waals surface area contributed by atoms with Gasteiger partial charge < -0.3 is 15.7 Å². The van der Waals surface area contributed by atoms with Gasteiger partial charge in [0, 0.05) is 10.2 Å². The predicted molar refractivity (Wildman–Crippen MR) is 84.7 cm³/mol. The van der Waals surface area contributed by atoms with E-state index in [2.05, 4.69) is 26.6 Å². The summed E-state index contributed by atoms with van der Waals surface area (Å²) in [6.07, 6.45) is 0. The number of carboxylic acid groups (broad SMARTS) is 1. The van der Waals surface area contributed by atoms with E-state index in [4.69, 9.17) is 5.11 Å². The van der Waals surface area contributed by atoms with Crippen LogP contribution in [-0.4, -0.2) is 23.5 Å². The van der Waals surface area contributed by atoms with Crippen molar-refractivity contribution in [2.24, 2.45) is 0 Å². The number of halogens is 1. The van der Waals surface area contributed by atoms with E-state index >= 15 is 0 Å². The van der Waals surface area contributed by atoms with E-state index in [1.165, 1.54) is 12.1 Å². The fourth-order valence-corrected chi connectivity index (χ4v) is 2.03. The van der Waals surface area contributed by atoms with Gasteiger partial charge in [0.1, 0.15) is 0 Å². The molecule has 0 saturated heterocycles. The maximum absolute atomic E-state index is 11.9. The maximum Gasteiger partial charge on any atom is 0.335 e. The predicted octanol–water partition coefficient (Wildman–Crippen LogP) is 3.20. The van der Waals surface area contributed by atoms with E-state index in [0.717, 1.165) is 5.69 Å². The first kappa shape index (κ1) is 15.1. The van der Waals surface area contributed by atoms with Crippen LogP contribution in [0, 0.1) is 0 Å². The highest BCUT2D eigenvalue weighted by atomic mass is 79.9. The number of hydrogen-bond donors (Lipinski definition) is 3. The molecule has 0 atom stereocenters. The molecule has 2 aromatic carbocycles. The third-order valence-electron chi connectivity index (χ3n) is 2.71. The van der Waals surface area contributed by atoms with Gasteiger partial charge in [-0.3, -0.25) is 4.79 Å². The number of para-hydroxylation sites is 1. The first-order valence-electron chi connectivity index (χ1n) is 6.18. The second-order valence-corrected chi connectivity index (χ2v) is 5.12. The van der Waals surface area contributed by atoms with Crippen LogP contribution in [0.1, 0.15) is 10.4 Å². The molecule has 0 spiro atoms. The second-order valence-electron chi connectivity index (χ2n) is 4.27. The minimum atomic E-state index is -1.04. The average molecular weight is 349 g/mol. The van der Waals surface area contributed by atoms with E-state index in [1.54, 1.807) is 6.07 Å². The van der Waals surface area contributed by atoms with Gasteiger partial charge in [0.25, 0.3) is 0 Å². The van der Waals surface area contributed by atoms with Gasteiger partial charge in [0.2, 0.25) is 5.91 Å². The van der Waals surface area contributed by atoms with Gasteiger partial charge in [-0.05, 0) is 46.3 Å². The van der Waals surface area contributed by atoms with Crippen molar-refractivity contribution in [1.82, 2.24) is 0 Å². The lowest BCUT2D eigenvalue weighted by atomic mass is 10.2. The first-order chi connectivity index (χ1) is 10.1. The molecular weight excluding hydrogens is 336 g/mol. The van der Waals surface area contributed by atoms with Crippen molar-refractivity contribution in [3.05, 3.63) is 58.6 Å². The van der Waals surface area contributed by atoms with Gasteiger partial charge in [-0.2, -0.15) is 0 Å². The number of rotatable bonds is 5. The molecule has 2 rings (SSSR count). The van der Waals surface area contributed by atoms with Crippen LogP contribution >= 0.6 is 15.9 Å². The minimum absolute atomic E-state index is 0.0910. The second kappa shape index (κ2) is 6.90. The molecule has 3 N–H and O–H groups in total. The third kappa shape index (κ3) is 4.32. The summed E-state index contributed by atoms with van der Waals surface area (Å²) in [5.41, 5.74) is 1.38. The Morgan fingerprint density at radius 2 is 1.81 bits per heavy atom. The fourth-order valence-electron chi connectivity index (χ4n) is 1.69. The molecule has 6 heteroatoms. The van der Waals surface area contributed by atoms with Crippen LogP contribution in [0.25, 0.3) is 0 Å². The van der Waals surface area contributed by atoms with Crippen LogP contribution in [0.2, 0.25) is 0 Å². The largest absolute Gasteiger partial charge is 0.478 e. The molecule has 108 valence electrons. The summed E-state index contributed by atoms with van der Waals surface area (Å²) < 4.78 is 0.626. The van der Waals surface area contributed by atoms with Gasteiger partial charge in [-0.25, -0.2) is 4.79 Å². The monoisotopic (exact) mass is 348 g/mol. The number of amides is 1. The zero-order valence-corrected chi connectivity index (χ0v) is 12.6. The minimum Gasteiger partial charge on any atom is -0.478 e. The molecular formula is C15H13BrN2O3. The van der Waals surface area contributed by atoms with Crippen LogP contribution < -0.4 is 10.6 Å². The molecule has 0 bridgehead atoms. The van der Waals surface area contributed by atoms with Crippen molar-refractivity contribution in [3.63, 3.8) is 0 Å². The van der Waals surface area contributed by atoms with Crippen molar-refractivity contribution in [1.29, 1.82) is 0 Å². The zero-order chi connectivity index (χ0) is 15.2. The van der Waals surface area contributed by atoms with Gasteiger partial charge in [-0.1, -0.05) is 18.2 Å². The quantitative estimate of drug-likeness (QED) is 0.775. The average Bonchev–Trinajstić information content (AvgIpc) is 2.48. The number of benzene rings is 2. The summed E-state index contributed by atoms with van der Waals surface area (Å²) >= 11 is 3.28. The van der Waals surface area contributed by atoms with E-state index < -0.39 is 5.97 Å². The summed E-state index contributed by atoms with van der Waals surface area (Å²) in [4.78, 5) is 22.8. The normalized spacial score (nSPS) is 9.95. The third-order valence-corrected chi connectivity index (χ3v) is 3.41. The summed E-state index contributed by atoms with van der Waals surface area (Å²) in [7, 11) is 0. The Balaban J connectivity index is 1.99. The molecule has 0 heterocycles. The Morgan fingerprint density at radius 3 is 2.48 bits per heavy atom. The number of carbonyl (C=O) groups excluding carboxylic acids is 1. The number of anilines is 2. The van der Waals surface area contributed by atoms with E-state index in [0.29, 0.717) is 10.2 Å². The van der Waals surface area contributed by atoms with Crippen LogP contribution in [0.4, 0.5) is 11.4 Å². The van der Waals surface area contributed by atoms with E-state index in [1.807, 2.05) is 30.3 Å². The van der Waals surface area contributed by atoms with Crippen LogP contribution in [0.15, 0.2) is 53.0 Å². The standard InChI is InChI=1S/C15H13BrN2O3/c16-12-7-6-10(15(20)21)8-13(12)18-14(19)9-17-11-4-2-1-3-5-11/h1-8,17H,9H2,(H,18,19)(H,20,21). The summed E-state index contributed by atoms with van der Waals surface area (Å²) in [6.45, 7) is 0.0910. The molecule has 21 heavy (non-hydrogen) atoms. The van der Waals surface area contributed by atoms with Crippen molar-refractivity contribution < 1.29 is 14.7 Å². The zero-order valence-electron chi connectivity index (χ0n) is 11.0. The van der Waals surface area contributed by atoms with Crippen molar-refractivity contribution in [2.75, 3.05) is 17.2 Å². The van der Waals surface area contributed by atoms with Gasteiger partial charge in [0.15, 0.2) is 0 Å². The smallest absolute Gasteiger partial charge is 0.335 e. The van der Waals surface area contributed by atoms with E-state index in [9.17, 15) is 9.59 Å². The van der Waals surface area contributed by atoms with Crippen molar-refractivity contribution in [3.8, 4) is 0 Å². The van der Waals surface area contributed by atoms with Crippen molar-refractivity contribution >= 4 is 39.2 Å². The number of nitrogens with one attached hydrogen (secondary N) is 2. The van der Waals surface area contributed by atoms with Gasteiger partial charge >= 0.3 is 5.97 Å². The molecule has 0 unspecified atom stereocenters. The van der Waals surface area contributed by atoms with Crippen LogP contribution in [0.5, 0.6) is 0 Å². The highest BCUT2D eigenvalue weighted by Gasteiger charge is 2.09. The molecule has 0 aliphatic heterocycles. The Kier molecular flexibility index (Phi) is 4.94. The molecule has 0 aliphatic carbocycles. The van der Waals surface area contributed by atoms with Gasteiger partial charge in [-0.15, -0.1) is 0 Å². The van der Waals surface area contributed by atoms with Crippen molar-refractivity contribution in [2.45, 2.75) is 0 Å². The van der Waals surface area contributed by atoms with E-state index in [-0.39, 0.29) is 18.0 Å². The molecule has 5 nitrogen and oxygen atoms in total. The summed E-state index contributed by atoms with van der Waals surface area (Å²) in [5.74, 6) is -1.30. The molecule has 0 radical (unpaired) electrons. The maximum atomic E-state index is 11.9. The Hall–Kier alpha value is -2.34. The number of hydrogen-bond acceptors (Lipinski definition) is 3. The Labute approximate surface area is 130 Å². The molecule has 0 aliphatic rings. The lowest BCUT2D eigenvalue weighted by Gasteiger charge is -2.10. The molecule has 0 aromatic heterocycles. The molecule has 0 fully saturated rings. The topological polar surface area (TPSA) is 78.4 Å².